The standard InChI is InChI=1S/C14H14N4S/c1-9-10(2)17-18-14(13(9)8-15)16-11-4-6-12(19-3)7-5-11/h4-7H,1-3H3,(H,16,18). The zero-order chi connectivity index (χ0) is 13.8. The Morgan fingerprint density at radius 1 is 1.16 bits per heavy atom. The number of nitrogens with one attached hydrogen (secondary N) is 1. The average molecular weight is 270 g/mol. The number of hydrogen-bond donors (Lipinski definition) is 1. The summed E-state index contributed by atoms with van der Waals surface area (Å²) in [6.07, 6.45) is 2.03. The number of nitrogens with zero attached hydrogens (tertiary/aromatic N) is 3. The predicted molar refractivity (Wildman–Crippen MR) is 77.7 cm³/mol. The number of aromatic nitrogens is 2. The second kappa shape index (κ2) is 5.72. The van der Waals surface area contributed by atoms with Gasteiger partial charge in [0.1, 0.15) is 11.6 Å². The van der Waals surface area contributed by atoms with Crippen LogP contribution < -0.4 is 5.32 Å². The van der Waals surface area contributed by atoms with Gasteiger partial charge in [0.25, 0.3) is 0 Å². The number of nitriles is 1. The number of thioether (sulfide) groups is 1. The summed E-state index contributed by atoms with van der Waals surface area (Å²) in [5.74, 6) is 0.502. The third kappa shape index (κ3) is 2.85. The van der Waals surface area contributed by atoms with Gasteiger partial charge in [-0.25, -0.2) is 0 Å². The summed E-state index contributed by atoms with van der Waals surface area (Å²) in [6.45, 7) is 3.73. The lowest BCUT2D eigenvalue weighted by molar-refractivity contribution is 0.960. The molecule has 0 saturated carbocycles. The van der Waals surface area contributed by atoms with Gasteiger partial charge < -0.3 is 5.32 Å². The van der Waals surface area contributed by atoms with E-state index in [1.165, 1.54) is 4.90 Å². The largest absolute Gasteiger partial charge is 0.338 e. The number of hydrogen-bond acceptors (Lipinski definition) is 5. The molecule has 0 aliphatic heterocycles. The normalized spacial score (nSPS) is 10.0. The van der Waals surface area contributed by atoms with Crippen molar-refractivity contribution in [1.29, 1.82) is 5.26 Å². The van der Waals surface area contributed by atoms with Gasteiger partial charge in [0.2, 0.25) is 0 Å². The van der Waals surface area contributed by atoms with Gasteiger partial charge in [-0.15, -0.1) is 16.9 Å². The molecule has 0 radical (unpaired) electrons. The van der Waals surface area contributed by atoms with E-state index in [0.717, 1.165) is 16.9 Å². The Morgan fingerprint density at radius 2 is 1.84 bits per heavy atom. The summed E-state index contributed by atoms with van der Waals surface area (Å²) in [6, 6.07) is 10.1. The highest BCUT2D eigenvalue weighted by Crippen LogP contribution is 2.23. The molecule has 0 fully saturated rings. The Morgan fingerprint density at radius 3 is 2.42 bits per heavy atom. The third-order valence-corrected chi connectivity index (χ3v) is 3.66. The fourth-order valence-corrected chi connectivity index (χ4v) is 2.05. The van der Waals surface area contributed by atoms with Crippen molar-refractivity contribution in [3.63, 3.8) is 0 Å². The van der Waals surface area contributed by atoms with Gasteiger partial charge in [0.15, 0.2) is 5.82 Å². The van der Waals surface area contributed by atoms with Crippen molar-refractivity contribution < 1.29 is 0 Å². The van der Waals surface area contributed by atoms with Crippen LogP contribution >= 0.6 is 11.8 Å². The Bertz CT molecular complexity index is 629. The Hall–Kier alpha value is -2.06. The number of rotatable bonds is 3. The van der Waals surface area contributed by atoms with Crippen LogP contribution in [0.25, 0.3) is 0 Å². The van der Waals surface area contributed by atoms with Gasteiger partial charge in [-0.2, -0.15) is 10.4 Å². The van der Waals surface area contributed by atoms with E-state index >= 15 is 0 Å². The van der Waals surface area contributed by atoms with Crippen molar-refractivity contribution in [3.8, 4) is 6.07 Å². The van der Waals surface area contributed by atoms with E-state index in [1.807, 2.05) is 44.4 Å². The number of benzene rings is 1. The topological polar surface area (TPSA) is 61.6 Å². The van der Waals surface area contributed by atoms with Crippen molar-refractivity contribution in [1.82, 2.24) is 10.2 Å². The molecule has 0 bridgehead atoms. The van der Waals surface area contributed by atoms with Gasteiger partial charge in [0, 0.05) is 10.6 Å². The van der Waals surface area contributed by atoms with Crippen LogP contribution in [0, 0.1) is 25.2 Å². The molecule has 1 heterocycles. The van der Waals surface area contributed by atoms with Crippen LogP contribution in [0.3, 0.4) is 0 Å². The molecule has 0 spiro atoms. The van der Waals surface area contributed by atoms with E-state index in [0.29, 0.717) is 11.4 Å². The zero-order valence-corrected chi connectivity index (χ0v) is 11.9. The summed E-state index contributed by atoms with van der Waals surface area (Å²) < 4.78 is 0. The first kappa shape index (κ1) is 13.4. The fraction of sp³-hybridized carbons (Fsp3) is 0.214. The second-order valence-electron chi connectivity index (χ2n) is 4.10. The lowest BCUT2D eigenvalue weighted by Gasteiger charge is -2.09. The maximum Gasteiger partial charge on any atom is 0.171 e. The first-order valence-electron chi connectivity index (χ1n) is 5.80. The van der Waals surface area contributed by atoms with Crippen LogP contribution in [0.1, 0.15) is 16.8 Å². The van der Waals surface area contributed by atoms with Crippen molar-refractivity contribution in [2.75, 3.05) is 11.6 Å². The minimum Gasteiger partial charge on any atom is -0.338 e. The summed E-state index contributed by atoms with van der Waals surface area (Å²) in [7, 11) is 0. The van der Waals surface area contributed by atoms with Gasteiger partial charge in [-0.05, 0) is 49.9 Å². The minimum absolute atomic E-state index is 0.502. The van der Waals surface area contributed by atoms with E-state index < -0.39 is 0 Å². The predicted octanol–water partition coefficient (Wildman–Crippen LogP) is 3.43. The van der Waals surface area contributed by atoms with Gasteiger partial charge in [-0.3, -0.25) is 0 Å². The lowest BCUT2D eigenvalue weighted by Crippen LogP contribution is -2.03. The Labute approximate surface area is 116 Å². The lowest BCUT2D eigenvalue weighted by atomic mass is 10.1. The van der Waals surface area contributed by atoms with Crippen LogP contribution in [0.2, 0.25) is 0 Å². The van der Waals surface area contributed by atoms with Crippen LogP contribution in [0.4, 0.5) is 11.5 Å². The number of anilines is 2. The maximum atomic E-state index is 9.22. The molecule has 1 N–H and O–H groups in total. The minimum atomic E-state index is 0.502. The van der Waals surface area contributed by atoms with Gasteiger partial charge in [-0.1, -0.05) is 0 Å². The molecule has 2 rings (SSSR count). The molecule has 4 nitrogen and oxygen atoms in total. The van der Waals surface area contributed by atoms with E-state index in [1.54, 1.807) is 11.8 Å². The molecule has 96 valence electrons. The van der Waals surface area contributed by atoms with E-state index in [-0.39, 0.29) is 0 Å². The molecular weight excluding hydrogens is 256 g/mol. The molecule has 1 aromatic heterocycles. The van der Waals surface area contributed by atoms with Gasteiger partial charge in [0.05, 0.1) is 5.69 Å². The van der Waals surface area contributed by atoms with Crippen molar-refractivity contribution in [2.45, 2.75) is 18.7 Å². The fourth-order valence-electron chi connectivity index (χ4n) is 1.64. The monoisotopic (exact) mass is 270 g/mol. The molecule has 0 aliphatic rings. The highest BCUT2D eigenvalue weighted by Gasteiger charge is 2.10. The highest BCUT2D eigenvalue weighted by molar-refractivity contribution is 7.98. The first-order valence-corrected chi connectivity index (χ1v) is 7.03. The van der Waals surface area contributed by atoms with Crippen molar-refractivity contribution in [3.05, 3.63) is 41.1 Å². The SMILES string of the molecule is CSc1ccc(Nc2nnc(C)c(C)c2C#N)cc1. The molecule has 5 heteroatoms. The maximum absolute atomic E-state index is 9.22. The molecule has 19 heavy (non-hydrogen) atoms. The van der Waals surface area contributed by atoms with Crippen molar-refractivity contribution in [2.24, 2.45) is 0 Å². The summed E-state index contributed by atoms with van der Waals surface area (Å²) >= 11 is 1.69. The summed E-state index contributed by atoms with van der Waals surface area (Å²) in [5.41, 5.74) is 3.08. The molecule has 1 aromatic carbocycles. The molecule has 2 aromatic rings. The molecular formula is C14H14N4S. The van der Waals surface area contributed by atoms with Gasteiger partial charge >= 0.3 is 0 Å². The molecule has 0 atom stereocenters. The van der Waals surface area contributed by atoms with Crippen LogP contribution in [-0.4, -0.2) is 16.5 Å². The van der Waals surface area contributed by atoms with E-state index in [9.17, 15) is 5.26 Å². The zero-order valence-electron chi connectivity index (χ0n) is 11.1. The third-order valence-electron chi connectivity index (χ3n) is 2.92. The molecule has 0 unspecified atom stereocenters. The van der Waals surface area contributed by atoms with Crippen LogP contribution in [0.5, 0.6) is 0 Å². The van der Waals surface area contributed by atoms with Crippen LogP contribution in [-0.2, 0) is 0 Å². The second-order valence-corrected chi connectivity index (χ2v) is 4.98. The summed E-state index contributed by atoms with van der Waals surface area (Å²) in [4.78, 5) is 1.19. The van der Waals surface area contributed by atoms with Crippen molar-refractivity contribution >= 4 is 23.3 Å². The van der Waals surface area contributed by atoms with E-state index in [4.69, 9.17) is 0 Å². The summed E-state index contributed by atoms with van der Waals surface area (Å²) in [5, 5.41) is 20.5. The Kier molecular flexibility index (Phi) is 4.03. The van der Waals surface area contributed by atoms with E-state index in [2.05, 4.69) is 21.6 Å². The quantitative estimate of drug-likeness (QED) is 0.866. The molecule has 0 amide bonds. The smallest absolute Gasteiger partial charge is 0.171 e. The Balaban J connectivity index is 2.33. The number of aryl methyl sites for hydroxylation is 1. The first-order chi connectivity index (χ1) is 9.15. The molecule has 0 saturated heterocycles. The highest BCUT2D eigenvalue weighted by atomic mass is 32.2. The van der Waals surface area contributed by atoms with Crippen LogP contribution in [0.15, 0.2) is 29.2 Å². The average Bonchev–Trinajstić information content (AvgIpc) is 2.44. The molecule has 0 aliphatic carbocycles.